The van der Waals surface area contributed by atoms with Crippen LogP contribution in [0.3, 0.4) is 0 Å². The van der Waals surface area contributed by atoms with Gasteiger partial charge in [0.15, 0.2) is 0 Å². The number of amides is 1. The van der Waals surface area contributed by atoms with Gasteiger partial charge < -0.3 is 14.6 Å². The molecule has 1 aromatic carbocycles. The molecule has 1 saturated heterocycles. The Bertz CT molecular complexity index is 740. The third-order valence-electron chi connectivity index (χ3n) is 5.69. The molecule has 0 atom stereocenters. The van der Waals surface area contributed by atoms with Crippen LogP contribution in [-0.4, -0.2) is 42.2 Å². The van der Waals surface area contributed by atoms with Crippen LogP contribution in [0.25, 0.3) is 10.9 Å². The number of carbonyl (C=O) groups excluding carboxylic acids is 1. The number of nitrogens with one attached hydrogen (secondary N) is 2. The summed E-state index contributed by atoms with van der Waals surface area (Å²) in [6, 6.07) is 6.06. The van der Waals surface area contributed by atoms with Crippen molar-refractivity contribution in [1.82, 2.24) is 9.88 Å². The second kappa shape index (κ2) is 7.08. The van der Waals surface area contributed by atoms with Crippen LogP contribution in [0, 0.1) is 0 Å². The molecule has 0 radical (unpaired) electrons. The molecule has 2 aliphatic rings. The summed E-state index contributed by atoms with van der Waals surface area (Å²) in [5.41, 5.74) is 3.31. The number of nitrogens with zero attached hydrogens (tertiary/aromatic N) is 1. The Kier molecular flexibility index (Phi) is 4.66. The van der Waals surface area contributed by atoms with E-state index in [4.69, 9.17) is 4.74 Å². The maximum atomic E-state index is 12.1. The Morgan fingerprint density at radius 2 is 1.96 bits per heavy atom. The van der Waals surface area contributed by atoms with Crippen molar-refractivity contribution in [3.63, 3.8) is 0 Å². The lowest BCUT2D eigenvalue weighted by atomic mass is 9.89. The number of ether oxygens (including phenoxy) is 1. The zero-order valence-electron chi connectivity index (χ0n) is 14.9. The van der Waals surface area contributed by atoms with E-state index in [0.29, 0.717) is 5.92 Å². The maximum absolute atomic E-state index is 12.1. The van der Waals surface area contributed by atoms with Crippen molar-refractivity contribution in [3.05, 3.63) is 30.0 Å². The average Bonchev–Trinajstić information content (AvgIpc) is 3.25. The number of fused-ring (bicyclic) bond motifs is 1. The van der Waals surface area contributed by atoms with Gasteiger partial charge in [-0.1, -0.05) is 0 Å². The van der Waals surface area contributed by atoms with Gasteiger partial charge in [0.05, 0.1) is 0 Å². The lowest BCUT2D eigenvalue weighted by Gasteiger charge is -2.28. The van der Waals surface area contributed by atoms with E-state index in [1.54, 1.807) is 0 Å². The number of anilines is 1. The van der Waals surface area contributed by atoms with E-state index in [1.165, 1.54) is 23.8 Å². The van der Waals surface area contributed by atoms with E-state index in [9.17, 15) is 4.79 Å². The van der Waals surface area contributed by atoms with Gasteiger partial charge >= 0.3 is 6.09 Å². The third kappa shape index (κ3) is 3.66. The Morgan fingerprint density at radius 3 is 2.72 bits per heavy atom. The van der Waals surface area contributed by atoms with Gasteiger partial charge in [-0.3, -0.25) is 5.32 Å². The zero-order valence-corrected chi connectivity index (χ0v) is 14.9. The molecule has 5 heteroatoms. The van der Waals surface area contributed by atoms with E-state index in [1.807, 2.05) is 12.1 Å². The van der Waals surface area contributed by atoms with Crippen molar-refractivity contribution >= 4 is 22.7 Å². The standard InChI is InChI=1S/C20H27N3O2/c1-23-10-8-14(9-11-23)18-13-21-19-7-6-15(12-17(18)19)22-20(24)25-16-4-2-3-5-16/h6-7,12-14,16,21H,2-5,8-11H2,1H3,(H,22,24). The Balaban J connectivity index is 1.48. The number of hydrogen-bond donors (Lipinski definition) is 2. The quantitative estimate of drug-likeness (QED) is 0.866. The largest absolute Gasteiger partial charge is 0.446 e. The Labute approximate surface area is 148 Å². The van der Waals surface area contributed by atoms with Gasteiger partial charge in [-0.2, -0.15) is 0 Å². The van der Waals surface area contributed by atoms with Crippen LogP contribution in [0.15, 0.2) is 24.4 Å². The number of aromatic nitrogens is 1. The van der Waals surface area contributed by atoms with Crippen molar-refractivity contribution in [3.8, 4) is 0 Å². The van der Waals surface area contributed by atoms with Gasteiger partial charge in [0.25, 0.3) is 0 Å². The van der Waals surface area contributed by atoms with Gasteiger partial charge in [0, 0.05) is 22.8 Å². The lowest BCUT2D eigenvalue weighted by Crippen LogP contribution is -2.29. The van der Waals surface area contributed by atoms with Crippen molar-refractivity contribution in [1.29, 1.82) is 0 Å². The number of likely N-dealkylation sites (tertiary alicyclic amines) is 1. The number of H-pyrrole nitrogens is 1. The van der Waals surface area contributed by atoms with Crippen LogP contribution >= 0.6 is 0 Å². The third-order valence-corrected chi connectivity index (χ3v) is 5.69. The van der Waals surface area contributed by atoms with E-state index in [-0.39, 0.29) is 12.2 Å². The molecule has 2 aromatic rings. The van der Waals surface area contributed by atoms with E-state index in [2.05, 4.69) is 34.5 Å². The summed E-state index contributed by atoms with van der Waals surface area (Å²) in [5, 5.41) is 4.12. The number of rotatable bonds is 3. The summed E-state index contributed by atoms with van der Waals surface area (Å²) < 4.78 is 5.50. The highest BCUT2D eigenvalue weighted by Gasteiger charge is 2.22. The second-order valence-electron chi connectivity index (χ2n) is 7.52. The minimum Gasteiger partial charge on any atom is -0.446 e. The second-order valence-corrected chi connectivity index (χ2v) is 7.52. The summed E-state index contributed by atoms with van der Waals surface area (Å²) in [7, 11) is 2.18. The van der Waals surface area contributed by atoms with Crippen molar-refractivity contribution in [2.45, 2.75) is 50.5 Å². The van der Waals surface area contributed by atoms with Crippen LogP contribution in [0.2, 0.25) is 0 Å². The predicted molar refractivity (Wildman–Crippen MR) is 100 cm³/mol. The molecule has 2 fully saturated rings. The molecule has 2 N–H and O–H groups in total. The van der Waals surface area contributed by atoms with Crippen LogP contribution in [0.1, 0.15) is 50.0 Å². The number of piperidine rings is 1. The molecular weight excluding hydrogens is 314 g/mol. The molecule has 1 amide bonds. The molecule has 1 aliphatic carbocycles. The van der Waals surface area contributed by atoms with E-state index in [0.717, 1.165) is 50.0 Å². The number of hydrogen-bond acceptors (Lipinski definition) is 3. The first-order chi connectivity index (χ1) is 12.2. The van der Waals surface area contributed by atoms with Crippen molar-refractivity contribution < 1.29 is 9.53 Å². The van der Waals surface area contributed by atoms with Crippen molar-refractivity contribution in [2.75, 3.05) is 25.5 Å². The maximum Gasteiger partial charge on any atom is 0.411 e. The fraction of sp³-hybridized carbons (Fsp3) is 0.550. The average molecular weight is 341 g/mol. The first-order valence-electron chi connectivity index (χ1n) is 9.46. The first-order valence-corrected chi connectivity index (χ1v) is 9.46. The summed E-state index contributed by atoms with van der Waals surface area (Å²) in [4.78, 5) is 17.9. The molecule has 4 rings (SSSR count). The molecule has 0 spiro atoms. The fourth-order valence-electron chi connectivity index (χ4n) is 4.18. The van der Waals surface area contributed by atoms with Gasteiger partial charge in [-0.05, 0) is 88.3 Å². The number of benzene rings is 1. The van der Waals surface area contributed by atoms with Gasteiger partial charge in [0.1, 0.15) is 6.10 Å². The van der Waals surface area contributed by atoms with E-state index < -0.39 is 0 Å². The molecule has 1 aliphatic heterocycles. The highest BCUT2D eigenvalue weighted by Crippen LogP contribution is 2.34. The zero-order chi connectivity index (χ0) is 17.2. The monoisotopic (exact) mass is 341 g/mol. The molecule has 1 saturated carbocycles. The smallest absolute Gasteiger partial charge is 0.411 e. The molecule has 5 nitrogen and oxygen atoms in total. The topological polar surface area (TPSA) is 57.4 Å². The van der Waals surface area contributed by atoms with Gasteiger partial charge in [-0.15, -0.1) is 0 Å². The molecule has 2 heterocycles. The van der Waals surface area contributed by atoms with Crippen LogP contribution in [0.5, 0.6) is 0 Å². The van der Waals surface area contributed by atoms with Crippen LogP contribution in [-0.2, 0) is 4.74 Å². The van der Waals surface area contributed by atoms with Crippen molar-refractivity contribution in [2.24, 2.45) is 0 Å². The molecule has 1 aromatic heterocycles. The predicted octanol–water partition coefficient (Wildman–Crippen LogP) is 4.47. The summed E-state index contributed by atoms with van der Waals surface area (Å²) >= 11 is 0. The number of aromatic amines is 1. The Hall–Kier alpha value is -2.01. The minimum atomic E-state index is -0.331. The summed E-state index contributed by atoms with van der Waals surface area (Å²) in [6.45, 7) is 2.28. The fourth-order valence-corrected chi connectivity index (χ4v) is 4.18. The summed E-state index contributed by atoms with van der Waals surface area (Å²) in [6.07, 6.45) is 8.57. The molecule has 25 heavy (non-hydrogen) atoms. The molecule has 0 unspecified atom stereocenters. The highest BCUT2D eigenvalue weighted by atomic mass is 16.6. The van der Waals surface area contributed by atoms with Crippen LogP contribution in [0.4, 0.5) is 10.5 Å². The number of carbonyl (C=O) groups is 1. The summed E-state index contributed by atoms with van der Waals surface area (Å²) in [5.74, 6) is 0.589. The molecule has 0 bridgehead atoms. The SMILES string of the molecule is CN1CCC(c2c[nH]c3ccc(NC(=O)OC4CCCC4)cc23)CC1. The Morgan fingerprint density at radius 1 is 1.20 bits per heavy atom. The van der Waals surface area contributed by atoms with Crippen LogP contribution < -0.4 is 5.32 Å². The highest BCUT2D eigenvalue weighted by molar-refractivity contribution is 5.92. The first kappa shape index (κ1) is 16.5. The molecule has 134 valence electrons. The van der Waals surface area contributed by atoms with E-state index >= 15 is 0 Å². The minimum absolute atomic E-state index is 0.0887. The normalized spacial score (nSPS) is 20.2. The lowest BCUT2D eigenvalue weighted by molar-refractivity contribution is 0.114. The van der Waals surface area contributed by atoms with Gasteiger partial charge in [0.2, 0.25) is 0 Å². The van der Waals surface area contributed by atoms with Gasteiger partial charge in [-0.25, -0.2) is 4.79 Å². The molecular formula is C20H27N3O2.